The molecule has 2 amide bonds. The van der Waals surface area contributed by atoms with Crippen LogP contribution in [-0.4, -0.2) is 34.1 Å². The SMILES string of the molecule is Cc1cc(N2CCCC2)c(F)cc1C=C1SC(=O)N(Cc2cccc([N+](=O)[O-])c2)C1=O. The molecule has 2 heterocycles. The summed E-state index contributed by atoms with van der Waals surface area (Å²) < 4.78 is 14.7. The molecule has 2 aliphatic rings. The highest BCUT2D eigenvalue weighted by atomic mass is 32.2. The Morgan fingerprint density at radius 3 is 2.65 bits per heavy atom. The summed E-state index contributed by atoms with van der Waals surface area (Å²) >= 11 is 0.782. The molecule has 0 unspecified atom stereocenters. The van der Waals surface area contributed by atoms with E-state index in [1.807, 2.05) is 11.8 Å². The lowest BCUT2D eigenvalue weighted by molar-refractivity contribution is -0.384. The van der Waals surface area contributed by atoms with Crippen molar-refractivity contribution < 1.29 is 18.9 Å². The van der Waals surface area contributed by atoms with Crippen molar-refractivity contribution in [2.24, 2.45) is 0 Å². The second-order valence-corrected chi connectivity index (χ2v) is 8.54. The third-order valence-electron chi connectivity index (χ3n) is 5.40. The standard InChI is InChI=1S/C22H20FN3O4S/c1-14-9-19(24-7-2-3-8-24)18(23)11-16(14)12-20-21(27)25(22(28)31-20)13-15-5-4-6-17(10-15)26(29)30/h4-6,9-12H,2-3,7-8,13H2,1H3. The van der Waals surface area contributed by atoms with Gasteiger partial charge in [0.2, 0.25) is 0 Å². The van der Waals surface area contributed by atoms with Gasteiger partial charge in [0.15, 0.2) is 0 Å². The summed E-state index contributed by atoms with van der Waals surface area (Å²) in [5, 5.41) is 10.5. The van der Waals surface area contributed by atoms with Crippen LogP contribution < -0.4 is 4.90 Å². The van der Waals surface area contributed by atoms with E-state index in [0.717, 1.165) is 48.2 Å². The van der Waals surface area contributed by atoms with Crippen LogP contribution in [0.3, 0.4) is 0 Å². The Labute approximate surface area is 182 Å². The molecule has 2 fully saturated rings. The first-order valence-electron chi connectivity index (χ1n) is 9.87. The second kappa shape index (κ2) is 8.50. The number of hydrogen-bond donors (Lipinski definition) is 0. The molecule has 160 valence electrons. The molecule has 2 aliphatic heterocycles. The van der Waals surface area contributed by atoms with Gasteiger partial charge in [0, 0.05) is 25.2 Å². The molecule has 4 rings (SSSR count). The Kier molecular flexibility index (Phi) is 5.77. The van der Waals surface area contributed by atoms with E-state index < -0.39 is 16.1 Å². The van der Waals surface area contributed by atoms with Gasteiger partial charge in [-0.05, 0) is 66.4 Å². The Morgan fingerprint density at radius 2 is 1.94 bits per heavy atom. The minimum atomic E-state index is -0.527. The molecule has 9 heteroatoms. The number of benzene rings is 2. The molecule has 31 heavy (non-hydrogen) atoms. The van der Waals surface area contributed by atoms with Crippen LogP contribution in [0.4, 0.5) is 20.6 Å². The largest absolute Gasteiger partial charge is 0.369 e. The van der Waals surface area contributed by atoms with Crippen molar-refractivity contribution in [1.29, 1.82) is 0 Å². The molecule has 0 radical (unpaired) electrons. The summed E-state index contributed by atoms with van der Waals surface area (Å²) in [5.74, 6) is -0.848. The highest BCUT2D eigenvalue weighted by molar-refractivity contribution is 8.18. The maximum Gasteiger partial charge on any atom is 0.293 e. The highest BCUT2D eigenvalue weighted by Gasteiger charge is 2.35. The maximum atomic E-state index is 14.7. The molecule has 0 spiro atoms. The van der Waals surface area contributed by atoms with Crippen LogP contribution in [0.15, 0.2) is 41.3 Å². The fourth-order valence-corrected chi connectivity index (χ4v) is 4.60. The number of amides is 2. The van der Waals surface area contributed by atoms with E-state index in [-0.39, 0.29) is 23.0 Å². The van der Waals surface area contributed by atoms with Crippen LogP contribution in [0.1, 0.15) is 29.5 Å². The quantitative estimate of drug-likeness (QED) is 0.374. The number of carbonyl (C=O) groups is 2. The zero-order chi connectivity index (χ0) is 22.1. The number of non-ortho nitro benzene ring substituents is 1. The molecule has 2 aromatic rings. The molecule has 0 saturated carbocycles. The molecule has 2 saturated heterocycles. The molecule has 0 aliphatic carbocycles. The lowest BCUT2D eigenvalue weighted by atomic mass is 10.1. The smallest absolute Gasteiger partial charge is 0.293 e. The van der Waals surface area contributed by atoms with E-state index in [2.05, 4.69) is 0 Å². The number of carbonyl (C=O) groups excluding carboxylic acids is 2. The molecular weight excluding hydrogens is 421 g/mol. The van der Waals surface area contributed by atoms with Crippen LogP contribution in [-0.2, 0) is 11.3 Å². The average Bonchev–Trinajstić information content (AvgIpc) is 3.35. The first-order chi connectivity index (χ1) is 14.8. The van der Waals surface area contributed by atoms with Gasteiger partial charge in [-0.2, -0.15) is 0 Å². The minimum Gasteiger partial charge on any atom is -0.369 e. The Morgan fingerprint density at radius 1 is 1.19 bits per heavy atom. The summed E-state index contributed by atoms with van der Waals surface area (Å²) in [7, 11) is 0. The van der Waals surface area contributed by atoms with Gasteiger partial charge in [-0.3, -0.25) is 24.6 Å². The molecule has 7 nitrogen and oxygen atoms in total. The number of anilines is 1. The van der Waals surface area contributed by atoms with Crippen LogP contribution in [0.25, 0.3) is 6.08 Å². The van der Waals surface area contributed by atoms with Crippen molar-refractivity contribution in [3.05, 3.63) is 73.9 Å². The van der Waals surface area contributed by atoms with Crippen molar-refractivity contribution in [1.82, 2.24) is 4.90 Å². The van der Waals surface area contributed by atoms with E-state index >= 15 is 0 Å². The summed E-state index contributed by atoms with van der Waals surface area (Å²) in [5.41, 5.74) is 2.29. The summed E-state index contributed by atoms with van der Waals surface area (Å²) in [6, 6.07) is 8.99. The predicted octanol–water partition coefficient (Wildman–Crippen LogP) is 4.88. The number of nitro benzene ring substituents is 1. The number of halogens is 1. The number of aryl methyl sites for hydroxylation is 1. The zero-order valence-electron chi connectivity index (χ0n) is 16.8. The molecule has 2 aromatic carbocycles. The Balaban J connectivity index is 1.56. The monoisotopic (exact) mass is 441 g/mol. The predicted molar refractivity (Wildman–Crippen MR) is 117 cm³/mol. The summed E-state index contributed by atoms with van der Waals surface area (Å²) in [6.07, 6.45) is 3.61. The molecule has 0 aromatic heterocycles. The van der Waals surface area contributed by atoms with E-state index in [1.54, 1.807) is 12.1 Å². The number of imide groups is 1. The van der Waals surface area contributed by atoms with Gasteiger partial charge in [-0.1, -0.05) is 12.1 Å². The van der Waals surface area contributed by atoms with Crippen molar-refractivity contribution in [2.75, 3.05) is 18.0 Å². The minimum absolute atomic E-state index is 0.0646. The number of nitrogens with zero attached hydrogens (tertiary/aromatic N) is 3. The first kappa shape index (κ1) is 21.0. The zero-order valence-corrected chi connectivity index (χ0v) is 17.7. The van der Waals surface area contributed by atoms with Crippen molar-refractivity contribution >= 4 is 40.4 Å². The van der Waals surface area contributed by atoms with Crippen LogP contribution in [0.2, 0.25) is 0 Å². The third-order valence-corrected chi connectivity index (χ3v) is 6.31. The second-order valence-electron chi connectivity index (χ2n) is 7.55. The van der Waals surface area contributed by atoms with Gasteiger partial charge in [0.05, 0.1) is 22.1 Å². The summed E-state index contributed by atoms with van der Waals surface area (Å²) in [6.45, 7) is 3.43. The average molecular weight is 441 g/mol. The van der Waals surface area contributed by atoms with Crippen LogP contribution in [0, 0.1) is 22.9 Å². The number of hydrogen-bond acceptors (Lipinski definition) is 6. The van der Waals surface area contributed by atoms with Crippen LogP contribution >= 0.6 is 11.8 Å². The summed E-state index contributed by atoms with van der Waals surface area (Å²) in [4.78, 5) is 38.9. The van der Waals surface area contributed by atoms with Gasteiger partial charge in [-0.15, -0.1) is 0 Å². The van der Waals surface area contributed by atoms with Gasteiger partial charge in [0.1, 0.15) is 5.82 Å². The topological polar surface area (TPSA) is 83.8 Å². The molecule has 0 bridgehead atoms. The van der Waals surface area contributed by atoms with Crippen LogP contribution in [0.5, 0.6) is 0 Å². The fraction of sp³-hybridized carbons (Fsp3) is 0.273. The van der Waals surface area contributed by atoms with Gasteiger partial charge in [0.25, 0.3) is 16.8 Å². The van der Waals surface area contributed by atoms with Gasteiger partial charge < -0.3 is 4.90 Å². The van der Waals surface area contributed by atoms with E-state index in [9.17, 15) is 24.1 Å². The van der Waals surface area contributed by atoms with Crippen molar-refractivity contribution in [3.8, 4) is 0 Å². The van der Waals surface area contributed by atoms with E-state index in [0.29, 0.717) is 16.8 Å². The number of thioether (sulfide) groups is 1. The van der Waals surface area contributed by atoms with Crippen molar-refractivity contribution in [2.45, 2.75) is 26.3 Å². The normalized spacial score (nSPS) is 17.8. The molecule has 0 N–H and O–H groups in total. The number of rotatable bonds is 5. The maximum absolute atomic E-state index is 14.7. The number of nitro groups is 1. The van der Waals surface area contributed by atoms with Gasteiger partial charge in [-0.25, -0.2) is 4.39 Å². The first-order valence-corrected chi connectivity index (χ1v) is 10.7. The Hall–Kier alpha value is -3.20. The lowest BCUT2D eigenvalue weighted by Gasteiger charge is -2.19. The van der Waals surface area contributed by atoms with E-state index in [1.165, 1.54) is 30.3 Å². The Bertz CT molecular complexity index is 1110. The molecular formula is C22H20FN3O4S. The van der Waals surface area contributed by atoms with Crippen molar-refractivity contribution in [3.63, 3.8) is 0 Å². The van der Waals surface area contributed by atoms with Gasteiger partial charge >= 0.3 is 0 Å². The fourth-order valence-electron chi connectivity index (χ4n) is 3.77. The third kappa shape index (κ3) is 4.32. The lowest BCUT2D eigenvalue weighted by Crippen LogP contribution is -2.27. The van der Waals surface area contributed by atoms with E-state index in [4.69, 9.17) is 0 Å². The highest BCUT2D eigenvalue weighted by Crippen LogP contribution is 2.35. The molecule has 0 atom stereocenters.